The van der Waals surface area contributed by atoms with Gasteiger partial charge in [0.2, 0.25) is 0 Å². The lowest BCUT2D eigenvalue weighted by Crippen LogP contribution is -2.05. The molecule has 0 amide bonds. The minimum Gasteiger partial charge on any atom is -0.489 e. The molecule has 3 rings (SSSR count). The Morgan fingerprint density at radius 2 is 1.69 bits per heavy atom. The molecule has 0 saturated carbocycles. The first-order chi connectivity index (χ1) is 12.5. The first kappa shape index (κ1) is 18.3. The van der Waals surface area contributed by atoms with Gasteiger partial charge in [-0.15, -0.1) is 0 Å². The van der Waals surface area contributed by atoms with Crippen molar-refractivity contribution >= 4 is 17.3 Å². The summed E-state index contributed by atoms with van der Waals surface area (Å²) in [7, 11) is 0. The lowest BCUT2D eigenvalue weighted by Gasteiger charge is -2.15. The summed E-state index contributed by atoms with van der Waals surface area (Å²) in [6, 6.07) is 20.5. The van der Waals surface area contributed by atoms with Crippen molar-refractivity contribution in [3.63, 3.8) is 0 Å². The Morgan fingerprint density at radius 3 is 2.46 bits per heavy atom. The monoisotopic (exact) mass is 365 g/mol. The van der Waals surface area contributed by atoms with Gasteiger partial charge in [0, 0.05) is 22.8 Å². The fraction of sp³-hybridized carbons (Fsp3) is 0.217. The van der Waals surface area contributed by atoms with E-state index in [0.29, 0.717) is 18.2 Å². The van der Waals surface area contributed by atoms with Gasteiger partial charge in [-0.1, -0.05) is 53.6 Å². The van der Waals surface area contributed by atoms with E-state index in [1.807, 2.05) is 18.2 Å². The number of rotatable bonds is 6. The summed E-state index contributed by atoms with van der Waals surface area (Å²) in [5.41, 5.74) is 7.12. The van der Waals surface area contributed by atoms with Gasteiger partial charge in [-0.05, 0) is 61.7 Å². The molecule has 0 fully saturated rings. The van der Waals surface area contributed by atoms with Crippen molar-refractivity contribution in [1.82, 2.24) is 0 Å². The van der Waals surface area contributed by atoms with Crippen molar-refractivity contribution in [3.05, 3.63) is 93.5 Å². The summed E-state index contributed by atoms with van der Waals surface area (Å²) in [5, 5.41) is 4.22. The Bertz CT molecular complexity index is 887. The normalized spacial score (nSPS) is 10.6. The molecule has 0 aliphatic heterocycles. The second kappa shape index (κ2) is 8.29. The smallest absolute Gasteiger partial charge is 0.124 e. The van der Waals surface area contributed by atoms with E-state index in [1.165, 1.54) is 16.7 Å². The fourth-order valence-corrected chi connectivity index (χ4v) is 3.00. The highest BCUT2D eigenvalue weighted by molar-refractivity contribution is 6.30. The van der Waals surface area contributed by atoms with Crippen LogP contribution in [0.15, 0.2) is 60.7 Å². The average molecular weight is 366 g/mol. The van der Waals surface area contributed by atoms with Gasteiger partial charge in [0.1, 0.15) is 12.4 Å². The van der Waals surface area contributed by atoms with Gasteiger partial charge in [0.25, 0.3) is 0 Å². The van der Waals surface area contributed by atoms with Gasteiger partial charge in [0.05, 0.1) is 0 Å². The van der Waals surface area contributed by atoms with Crippen molar-refractivity contribution in [1.29, 1.82) is 0 Å². The van der Waals surface area contributed by atoms with Crippen LogP contribution in [0.3, 0.4) is 0 Å². The van der Waals surface area contributed by atoms with Gasteiger partial charge < -0.3 is 10.1 Å². The first-order valence-electron chi connectivity index (χ1n) is 8.80. The number of ether oxygens (including phenoxy) is 1. The molecule has 1 N–H and O–H groups in total. The Kier molecular flexibility index (Phi) is 5.85. The van der Waals surface area contributed by atoms with Crippen LogP contribution in [-0.4, -0.2) is 0 Å². The van der Waals surface area contributed by atoms with Crippen LogP contribution in [0.5, 0.6) is 5.75 Å². The van der Waals surface area contributed by atoms with Crippen molar-refractivity contribution in [2.45, 2.75) is 33.9 Å². The van der Waals surface area contributed by atoms with Crippen LogP contribution in [0.2, 0.25) is 5.02 Å². The zero-order valence-corrected chi connectivity index (χ0v) is 16.2. The SMILES string of the molecule is Cc1ccc(COc2ccc(Cl)cc2CNc2cccc(C)c2C)cc1. The zero-order valence-electron chi connectivity index (χ0n) is 15.5. The van der Waals surface area contributed by atoms with Crippen LogP contribution in [0.4, 0.5) is 5.69 Å². The minimum absolute atomic E-state index is 0.540. The highest BCUT2D eigenvalue weighted by Gasteiger charge is 2.07. The Balaban J connectivity index is 1.73. The summed E-state index contributed by atoms with van der Waals surface area (Å²) in [4.78, 5) is 0. The van der Waals surface area contributed by atoms with Crippen molar-refractivity contribution < 1.29 is 4.74 Å². The molecule has 0 bridgehead atoms. The highest BCUT2D eigenvalue weighted by atomic mass is 35.5. The van der Waals surface area contributed by atoms with E-state index < -0.39 is 0 Å². The molecule has 0 aliphatic rings. The molecule has 0 spiro atoms. The molecule has 0 unspecified atom stereocenters. The maximum atomic E-state index is 6.21. The maximum absolute atomic E-state index is 6.21. The van der Waals surface area contributed by atoms with Gasteiger partial charge >= 0.3 is 0 Å². The largest absolute Gasteiger partial charge is 0.489 e. The van der Waals surface area contributed by atoms with Crippen molar-refractivity contribution in [2.24, 2.45) is 0 Å². The van der Waals surface area contributed by atoms with E-state index in [0.717, 1.165) is 22.6 Å². The van der Waals surface area contributed by atoms with E-state index in [9.17, 15) is 0 Å². The fourth-order valence-electron chi connectivity index (χ4n) is 2.81. The van der Waals surface area contributed by atoms with Crippen molar-refractivity contribution in [2.75, 3.05) is 5.32 Å². The van der Waals surface area contributed by atoms with Crippen molar-refractivity contribution in [3.8, 4) is 5.75 Å². The number of halogens is 1. The summed E-state index contributed by atoms with van der Waals surface area (Å²) in [6.45, 7) is 7.54. The van der Waals surface area contributed by atoms with Gasteiger partial charge in [0.15, 0.2) is 0 Å². The van der Waals surface area contributed by atoms with Crippen LogP contribution in [0, 0.1) is 20.8 Å². The number of nitrogens with one attached hydrogen (secondary N) is 1. The topological polar surface area (TPSA) is 21.3 Å². The van der Waals surface area contributed by atoms with E-state index in [-0.39, 0.29) is 0 Å². The second-order valence-corrected chi connectivity index (χ2v) is 7.06. The molecule has 26 heavy (non-hydrogen) atoms. The summed E-state index contributed by atoms with van der Waals surface area (Å²) < 4.78 is 6.06. The second-order valence-electron chi connectivity index (χ2n) is 6.63. The predicted molar refractivity (Wildman–Crippen MR) is 110 cm³/mol. The van der Waals surface area contributed by atoms with E-state index in [1.54, 1.807) is 0 Å². The predicted octanol–water partition coefficient (Wildman–Crippen LogP) is 6.46. The summed E-state index contributed by atoms with van der Waals surface area (Å²) in [6.07, 6.45) is 0. The third-order valence-corrected chi connectivity index (χ3v) is 4.85. The van der Waals surface area contributed by atoms with E-state index in [2.05, 4.69) is 68.6 Å². The number of benzene rings is 3. The standard InChI is InChI=1S/C23H24ClNO/c1-16-7-9-19(10-8-16)15-26-23-12-11-21(24)13-20(23)14-25-22-6-4-5-17(2)18(22)3/h4-13,25H,14-15H2,1-3H3. The lowest BCUT2D eigenvalue weighted by molar-refractivity contribution is 0.303. The summed E-state index contributed by atoms with van der Waals surface area (Å²) in [5.74, 6) is 0.854. The average Bonchev–Trinajstić information content (AvgIpc) is 2.63. The van der Waals surface area contributed by atoms with Gasteiger partial charge in [-0.3, -0.25) is 0 Å². The molecule has 3 aromatic rings. The highest BCUT2D eigenvalue weighted by Crippen LogP contribution is 2.26. The molecule has 0 atom stereocenters. The molecule has 0 aromatic heterocycles. The Hall–Kier alpha value is -2.45. The third kappa shape index (κ3) is 4.59. The van der Waals surface area contributed by atoms with E-state index >= 15 is 0 Å². The summed E-state index contributed by atoms with van der Waals surface area (Å²) >= 11 is 6.21. The molecule has 3 heteroatoms. The Labute approximate surface area is 160 Å². The number of anilines is 1. The van der Waals surface area contributed by atoms with Gasteiger partial charge in [-0.2, -0.15) is 0 Å². The molecule has 0 radical (unpaired) electrons. The van der Waals surface area contributed by atoms with Gasteiger partial charge in [-0.25, -0.2) is 0 Å². The molecule has 0 aliphatic carbocycles. The minimum atomic E-state index is 0.540. The zero-order chi connectivity index (χ0) is 18.5. The molecule has 2 nitrogen and oxygen atoms in total. The number of aryl methyl sites for hydroxylation is 2. The molecule has 3 aromatic carbocycles. The quantitative estimate of drug-likeness (QED) is 0.541. The van der Waals surface area contributed by atoms with Crippen LogP contribution in [0.1, 0.15) is 27.8 Å². The maximum Gasteiger partial charge on any atom is 0.124 e. The lowest BCUT2D eigenvalue weighted by atomic mass is 10.1. The molecular weight excluding hydrogens is 342 g/mol. The van der Waals surface area contributed by atoms with Crippen LogP contribution in [-0.2, 0) is 13.2 Å². The number of hydrogen-bond donors (Lipinski definition) is 1. The third-order valence-electron chi connectivity index (χ3n) is 4.61. The molecule has 0 saturated heterocycles. The van der Waals surface area contributed by atoms with Crippen LogP contribution in [0.25, 0.3) is 0 Å². The number of hydrogen-bond acceptors (Lipinski definition) is 2. The Morgan fingerprint density at radius 1 is 0.923 bits per heavy atom. The molecule has 134 valence electrons. The van der Waals surface area contributed by atoms with Crippen LogP contribution < -0.4 is 10.1 Å². The van der Waals surface area contributed by atoms with Crippen LogP contribution >= 0.6 is 11.6 Å². The molecule has 0 heterocycles. The van der Waals surface area contributed by atoms with E-state index in [4.69, 9.17) is 16.3 Å². The first-order valence-corrected chi connectivity index (χ1v) is 9.17. The molecular formula is C23H24ClNO.